The second kappa shape index (κ2) is 7.71. The lowest BCUT2D eigenvalue weighted by atomic mass is 10.2. The van der Waals surface area contributed by atoms with E-state index >= 15 is 0 Å². The van der Waals surface area contributed by atoms with E-state index in [0.717, 1.165) is 25.2 Å². The van der Waals surface area contributed by atoms with E-state index in [9.17, 15) is 0 Å². The number of hydrogen-bond acceptors (Lipinski definition) is 3. The van der Waals surface area contributed by atoms with E-state index in [1.165, 1.54) is 5.56 Å². The van der Waals surface area contributed by atoms with Gasteiger partial charge >= 0.3 is 0 Å². The van der Waals surface area contributed by atoms with Gasteiger partial charge in [-0.3, -0.25) is 0 Å². The largest absolute Gasteiger partial charge is 0.479 e. The van der Waals surface area contributed by atoms with Crippen LogP contribution in [0.2, 0.25) is 0 Å². The number of rotatable bonds is 5. The van der Waals surface area contributed by atoms with Crippen LogP contribution in [0.5, 0.6) is 0 Å². The molecule has 0 saturated carbocycles. The van der Waals surface area contributed by atoms with Crippen LogP contribution in [-0.2, 0) is 10.5 Å². The van der Waals surface area contributed by atoms with Gasteiger partial charge in [-0.15, -0.1) is 0 Å². The molecular formula is C12H16OS2. The van der Waals surface area contributed by atoms with E-state index in [0.29, 0.717) is 4.38 Å². The third-order valence-electron chi connectivity index (χ3n) is 1.92. The summed E-state index contributed by atoms with van der Waals surface area (Å²) in [6, 6.07) is 10.3. The molecule has 0 saturated heterocycles. The summed E-state index contributed by atoms with van der Waals surface area (Å²) in [4.78, 5) is 0. The Hall–Kier alpha value is -0.540. The van der Waals surface area contributed by atoms with E-state index in [1.807, 2.05) is 18.2 Å². The number of ether oxygens (including phenoxy) is 1. The highest BCUT2D eigenvalue weighted by Gasteiger charge is 1.99. The molecule has 0 aliphatic heterocycles. The van der Waals surface area contributed by atoms with Crippen LogP contribution in [-0.4, -0.2) is 11.0 Å². The summed E-state index contributed by atoms with van der Waals surface area (Å²) in [6.45, 7) is 2.89. The van der Waals surface area contributed by atoms with Crippen LogP contribution in [0.4, 0.5) is 0 Å². The normalized spacial score (nSPS) is 9.93. The van der Waals surface area contributed by atoms with Gasteiger partial charge in [-0.05, 0) is 24.2 Å². The molecule has 0 N–H and O–H groups in total. The molecule has 0 amide bonds. The summed E-state index contributed by atoms with van der Waals surface area (Å²) in [6.07, 6.45) is 2.22. The molecule has 1 aromatic carbocycles. The van der Waals surface area contributed by atoms with Gasteiger partial charge in [-0.25, -0.2) is 0 Å². The van der Waals surface area contributed by atoms with E-state index in [-0.39, 0.29) is 0 Å². The fraction of sp³-hybridized carbons (Fsp3) is 0.417. The Labute approximate surface area is 101 Å². The molecule has 15 heavy (non-hydrogen) atoms. The Bertz CT molecular complexity index is 285. The minimum atomic E-state index is 0.660. The molecule has 0 radical (unpaired) electrons. The molecule has 0 aromatic heterocycles. The molecule has 0 fully saturated rings. The molecule has 0 aliphatic rings. The lowest BCUT2D eigenvalue weighted by molar-refractivity contribution is 0.313. The predicted octanol–water partition coefficient (Wildman–Crippen LogP) is 4.02. The molecule has 0 bridgehead atoms. The second-order valence-corrected chi connectivity index (χ2v) is 4.80. The zero-order valence-corrected chi connectivity index (χ0v) is 10.6. The highest BCUT2D eigenvalue weighted by molar-refractivity contribution is 8.22. The van der Waals surface area contributed by atoms with Crippen LogP contribution in [0.1, 0.15) is 25.3 Å². The van der Waals surface area contributed by atoms with Crippen molar-refractivity contribution in [2.24, 2.45) is 0 Å². The lowest BCUT2D eigenvalue weighted by Gasteiger charge is -2.05. The van der Waals surface area contributed by atoms with Crippen LogP contribution in [0, 0.1) is 0 Å². The van der Waals surface area contributed by atoms with E-state index in [4.69, 9.17) is 17.0 Å². The monoisotopic (exact) mass is 240 g/mol. The molecule has 1 rings (SSSR count). The molecular weight excluding hydrogens is 224 g/mol. The zero-order chi connectivity index (χ0) is 10.9. The molecule has 3 heteroatoms. The van der Waals surface area contributed by atoms with Gasteiger partial charge in [0.1, 0.15) is 0 Å². The van der Waals surface area contributed by atoms with Crippen molar-refractivity contribution in [1.82, 2.24) is 0 Å². The second-order valence-electron chi connectivity index (χ2n) is 3.23. The van der Waals surface area contributed by atoms with Gasteiger partial charge < -0.3 is 4.74 Å². The van der Waals surface area contributed by atoms with Crippen LogP contribution in [0.3, 0.4) is 0 Å². The van der Waals surface area contributed by atoms with Crippen LogP contribution in [0.15, 0.2) is 30.3 Å². The van der Waals surface area contributed by atoms with Crippen molar-refractivity contribution in [1.29, 1.82) is 0 Å². The average molecular weight is 240 g/mol. The van der Waals surface area contributed by atoms with Crippen LogP contribution < -0.4 is 0 Å². The van der Waals surface area contributed by atoms with Gasteiger partial charge in [0.15, 0.2) is 0 Å². The van der Waals surface area contributed by atoms with Crippen molar-refractivity contribution in [3.63, 3.8) is 0 Å². The topological polar surface area (TPSA) is 9.23 Å². The van der Waals surface area contributed by atoms with Crippen molar-refractivity contribution >= 4 is 28.4 Å². The Morgan fingerprint density at radius 3 is 2.73 bits per heavy atom. The van der Waals surface area contributed by atoms with Gasteiger partial charge in [-0.2, -0.15) is 0 Å². The third-order valence-corrected chi connectivity index (χ3v) is 3.22. The summed E-state index contributed by atoms with van der Waals surface area (Å²) < 4.78 is 6.06. The Kier molecular flexibility index (Phi) is 6.44. The molecule has 0 aliphatic carbocycles. The molecule has 0 heterocycles. The van der Waals surface area contributed by atoms with Crippen LogP contribution in [0.25, 0.3) is 0 Å². The fourth-order valence-corrected chi connectivity index (χ4v) is 1.96. The summed E-state index contributed by atoms with van der Waals surface area (Å²) in [7, 11) is 0. The molecule has 0 atom stereocenters. The van der Waals surface area contributed by atoms with Gasteiger partial charge in [0.25, 0.3) is 0 Å². The fourth-order valence-electron chi connectivity index (χ4n) is 1.06. The number of hydrogen-bond donors (Lipinski definition) is 0. The van der Waals surface area contributed by atoms with Crippen molar-refractivity contribution in [3.8, 4) is 0 Å². The minimum absolute atomic E-state index is 0.660. The number of thiocarbonyl (C=S) groups is 1. The molecule has 1 nitrogen and oxygen atoms in total. The quantitative estimate of drug-likeness (QED) is 0.568. The van der Waals surface area contributed by atoms with Crippen molar-refractivity contribution in [2.45, 2.75) is 25.5 Å². The first-order valence-corrected chi connectivity index (χ1v) is 6.55. The van der Waals surface area contributed by atoms with Gasteiger partial charge in [0.2, 0.25) is 4.38 Å². The van der Waals surface area contributed by atoms with E-state index in [2.05, 4.69) is 19.1 Å². The average Bonchev–Trinajstić information content (AvgIpc) is 2.28. The van der Waals surface area contributed by atoms with Crippen molar-refractivity contribution in [2.75, 3.05) is 6.61 Å². The maximum atomic E-state index is 5.40. The maximum absolute atomic E-state index is 5.40. The highest BCUT2D eigenvalue weighted by atomic mass is 32.2. The van der Waals surface area contributed by atoms with Gasteiger partial charge in [-0.1, -0.05) is 55.4 Å². The summed E-state index contributed by atoms with van der Waals surface area (Å²) >= 11 is 6.70. The summed E-state index contributed by atoms with van der Waals surface area (Å²) in [5, 5.41) is 0. The Morgan fingerprint density at radius 1 is 1.33 bits per heavy atom. The first-order chi connectivity index (χ1) is 7.33. The summed E-state index contributed by atoms with van der Waals surface area (Å²) in [5.41, 5.74) is 1.28. The van der Waals surface area contributed by atoms with E-state index < -0.39 is 0 Å². The van der Waals surface area contributed by atoms with Crippen molar-refractivity contribution < 1.29 is 4.74 Å². The molecule has 0 spiro atoms. The third kappa shape index (κ3) is 5.80. The van der Waals surface area contributed by atoms with Gasteiger partial charge in [0, 0.05) is 5.75 Å². The van der Waals surface area contributed by atoms with Gasteiger partial charge in [0.05, 0.1) is 6.61 Å². The molecule has 1 aromatic rings. The smallest absolute Gasteiger partial charge is 0.220 e. The Morgan fingerprint density at radius 2 is 2.07 bits per heavy atom. The highest BCUT2D eigenvalue weighted by Crippen LogP contribution is 2.14. The van der Waals surface area contributed by atoms with Crippen LogP contribution >= 0.6 is 24.0 Å². The summed E-state index contributed by atoms with van der Waals surface area (Å²) in [5.74, 6) is 0.895. The lowest BCUT2D eigenvalue weighted by Crippen LogP contribution is -1.99. The van der Waals surface area contributed by atoms with E-state index in [1.54, 1.807) is 11.8 Å². The van der Waals surface area contributed by atoms with Crippen molar-refractivity contribution in [3.05, 3.63) is 35.9 Å². The Balaban J connectivity index is 2.17. The zero-order valence-electron chi connectivity index (χ0n) is 8.94. The maximum Gasteiger partial charge on any atom is 0.220 e. The first-order valence-electron chi connectivity index (χ1n) is 5.16. The predicted molar refractivity (Wildman–Crippen MR) is 71.2 cm³/mol. The number of unbranched alkanes of at least 4 members (excludes halogenated alkanes) is 1. The number of benzene rings is 1. The number of thioether (sulfide) groups is 1. The SMILES string of the molecule is CCCCOC(=S)SCc1ccccc1. The molecule has 0 unspecified atom stereocenters. The molecule has 82 valence electrons. The minimum Gasteiger partial charge on any atom is -0.479 e. The standard InChI is InChI=1S/C12H16OS2/c1-2-3-9-13-12(14)15-10-11-7-5-4-6-8-11/h4-8H,2-3,9-10H2,1H3. The first kappa shape index (κ1) is 12.5.